The molecule has 0 aliphatic carbocycles. The van der Waals surface area contributed by atoms with Gasteiger partial charge in [-0.3, -0.25) is 0 Å². The van der Waals surface area contributed by atoms with Crippen LogP contribution in [0.1, 0.15) is 34.1 Å². The summed E-state index contributed by atoms with van der Waals surface area (Å²) in [5, 5.41) is 3.25. The van der Waals surface area contributed by atoms with Gasteiger partial charge in [-0.15, -0.1) is 0 Å². The van der Waals surface area contributed by atoms with E-state index in [2.05, 4.69) is 26.1 Å². The van der Waals surface area contributed by atoms with Gasteiger partial charge in [-0.05, 0) is 18.8 Å². The number of nitrogens with zero attached hydrogens (tertiary/aromatic N) is 1. The van der Waals surface area contributed by atoms with Crippen molar-refractivity contribution in [2.24, 2.45) is 5.41 Å². The zero-order valence-electron chi connectivity index (χ0n) is 10.8. The Morgan fingerprint density at radius 2 is 2.00 bits per heavy atom. The number of nitrogens with one attached hydrogen (secondary N) is 1. The Morgan fingerprint density at radius 1 is 1.38 bits per heavy atom. The molecule has 5 heteroatoms. The third-order valence-corrected chi connectivity index (χ3v) is 4.67. The zero-order chi connectivity index (χ0) is 12.4. The van der Waals surface area contributed by atoms with Crippen molar-refractivity contribution < 1.29 is 8.42 Å². The summed E-state index contributed by atoms with van der Waals surface area (Å²) in [7, 11) is -3.06. The maximum Gasteiger partial charge on any atom is 0.214 e. The quantitative estimate of drug-likeness (QED) is 0.812. The summed E-state index contributed by atoms with van der Waals surface area (Å²) >= 11 is 0. The number of hydrogen-bond donors (Lipinski definition) is 1. The van der Waals surface area contributed by atoms with Crippen LogP contribution in [-0.4, -0.2) is 44.2 Å². The van der Waals surface area contributed by atoms with E-state index in [1.54, 1.807) is 4.31 Å². The highest BCUT2D eigenvalue weighted by Crippen LogP contribution is 2.20. The van der Waals surface area contributed by atoms with Crippen LogP contribution in [0.3, 0.4) is 0 Å². The van der Waals surface area contributed by atoms with E-state index in [-0.39, 0.29) is 17.2 Å². The molecule has 1 fully saturated rings. The highest BCUT2D eigenvalue weighted by Gasteiger charge is 2.27. The third kappa shape index (κ3) is 4.39. The van der Waals surface area contributed by atoms with Gasteiger partial charge in [-0.2, -0.15) is 4.31 Å². The van der Waals surface area contributed by atoms with Crippen molar-refractivity contribution in [3.63, 3.8) is 0 Å². The molecule has 96 valence electrons. The minimum atomic E-state index is -3.06. The maximum atomic E-state index is 12.1. The topological polar surface area (TPSA) is 49.4 Å². The first-order valence-electron chi connectivity index (χ1n) is 5.92. The smallest absolute Gasteiger partial charge is 0.214 e. The summed E-state index contributed by atoms with van der Waals surface area (Å²) < 4.78 is 25.8. The Hall–Kier alpha value is -0.130. The predicted octanol–water partition coefficient (Wildman–Crippen LogP) is 1.05. The summed E-state index contributed by atoms with van der Waals surface area (Å²) in [5.74, 6) is 0.267. The number of rotatable bonds is 3. The first-order chi connectivity index (χ1) is 7.21. The first-order valence-corrected chi connectivity index (χ1v) is 7.53. The van der Waals surface area contributed by atoms with E-state index in [0.29, 0.717) is 19.5 Å². The van der Waals surface area contributed by atoms with Gasteiger partial charge >= 0.3 is 0 Å². The lowest BCUT2D eigenvalue weighted by Crippen LogP contribution is -2.51. The molecule has 1 aliphatic rings. The Balaban J connectivity index is 2.56. The van der Waals surface area contributed by atoms with Crippen LogP contribution in [0.25, 0.3) is 0 Å². The summed E-state index contributed by atoms with van der Waals surface area (Å²) in [5.41, 5.74) is 0.0761. The van der Waals surface area contributed by atoms with E-state index in [1.807, 2.05) is 6.92 Å². The average Bonchev–Trinajstić information content (AvgIpc) is 2.14. The number of sulfonamides is 1. The van der Waals surface area contributed by atoms with Crippen LogP contribution in [0.15, 0.2) is 0 Å². The van der Waals surface area contributed by atoms with Crippen LogP contribution in [0, 0.1) is 5.41 Å². The molecule has 1 N–H and O–H groups in total. The first kappa shape index (κ1) is 13.9. The molecule has 1 rings (SSSR count). The van der Waals surface area contributed by atoms with Crippen LogP contribution in [0.5, 0.6) is 0 Å². The minimum absolute atomic E-state index is 0.0761. The van der Waals surface area contributed by atoms with Gasteiger partial charge < -0.3 is 5.32 Å². The molecule has 0 bridgehead atoms. The van der Waals surface area contributed by atoms with E-state index in [4.69, 9.17) is 0 Å². The van der Waals surface area contributed by atoms with Gasteiger partial charge in [0.15, 0.2) is 0 Å². The monoisotopic (exact) mass is 248 g/mol. The second-order valence-corrected chi connectivity index (χ2v) is 7.93. The van der Waals surface area contributed by atoms with Gasteiger partial charge in [0.1, 0.15) is 0 Å². The molecule has 0 aromatic heterocycles. The Bertz CT molecular complexity index is 319. The lowest BCUT2D eigenvalue weighted by atomic mass is 9.94. The van der Waals surface area contributed by atoms with E-state index in [1.165, 1.54) is 0 Å². The molecular formula is C11H24N2O2S. The SMILES string of the molecule is C[C@@H]1CN(S(=O)(=O)CCC(C)(C)C)CCN1. The normalized spacial score (nSPS) is 24.6. The standard InChI is InChI=1S/C11H24N2O2S/c1-10-9-13(7-6-12-10)16(14,15)8-5-11(2,3)4/h10,12H,5-9H2,1-4H3/t10-/m1/s1. The maximum absolute atomic E-state index is 12.1. The molecule has 1 aliphatic heterocycles. The zero-order valence-corrected chi connectivity index (χ0v) is 11.6. The van der Waals surface area contributed by atoms with Gasteiger partial charge in [0.25, 0.3) is 0 Å². The highest BCUT2D eigenvalue weighted by atomic mass is 32.2. The largest absolute Gasteiger partial charge is 0.312 e. The van der Waals surface area contributed by atoms with E-state index in [9.17, 15) is 8.42 Å². The minimum Gasteiger partial charge on any atom is -0.312 e. The van der Waals surface area contributed by atoms with Crippen molar-refractivity contribution >= 4 is 10.0 Å². The van der Waals surface area contributed by atoms with Crippen molar-refractivity contribution in [1.29, 1.82) is 0 Å². The average molecular weight is 248 g/mol. The van der Waals surface area contributed by atoms with Gasteiger partial charge in [0.2, 0.25) is 10.0 Å². The van der Waals surface area contributed by atoms with E-state index < -0.39 is 10.0 Å². The fourth-order valence-electron chi connectivity index (χ4n) is 1.71. The fourth-order valence-corrected chi connectivity index (χ4v) is 3.66. The molecule has 1 heterocycles. The molecular weight excluding hydrogens is 224 g/mol. The fraction of sp³-hybridized carbons (Fsp3) is 1.00. The number of piperazine rings is 1. The van der Waals surface area contributed by atoms with Crippen LogP contribution >= 0.6 is 0 Å². The van der Waals surface area contributed by atoms with Crippen molar-refractivity contribution in [3.05, 3.63) is 0 Å². The van der Waals surface area contributed by atoms with Crippen LogP contribution in [0.2, 0.25) is 0 Å². The molecule has 0 unspecified atom stereocenters. The lowest BCUT2D eigenvalue weighted by Gasteiger charge is -2.31. The molecule has 0 aromatic carbocycles. The lowest BCUT2D eigenvalue weighted by molar-refractivity contribution is 0.306. The van der Waals surface area contributed by atoms with Crippen molar-refractivity contribution in [3.8, 4) is 0 Å². The van der Waals surface area contributed by atoms with Gasteiger partial charge in [-0.1, -0.05) is 20.8 Å². The molecule has 1 atom stereocenters. The second kappa shape index (κ2) is 5.02. The molecule has 4 nitrogen and oxygen atoms in total. The summed E-state index contributed by atoms with van der Waals surface area (Å²) in [6.45, 7) is 10.2. The Morgan fingerprint density at radius 3 is 2.50 bits per heavy atom. The third-order valence-electron chi connectivity index (χ3n) is 2.83. The molecule has 0 aromatic rings. The van der Waals surface area contributed by atoms with Crippen LogP contribution in [0.4, 0.5) is 0 Å². The molecule has 0 saturated carbocycles. The predicted molar refractivity (Wildman–Crippen MR) is 66.9 cm³/mol. The van der Waals surface area contributed by atoms with Gasteiger partial charge in [0.05, 0.1) is 5.75 Å². The Labute approximate surface area is 99.5 Å². The van der Waals surface area contributed by atoms with Crippen molar-refractivity contribution in [2.75, 3.05) is 25.4 Å². The molecule has 16 heavy (non-hydrogen) atoms. The molecule has 0 spiro atoms. The van der Waals surface area contributed by atoms with Gasteiger partial charge in [-0.25, -0.2) is 8.42 Å². The second-order valence-electron chi connectivity index (χ2n) is 5.84. The molecule has 0 radical (unpaired) electrons. The van der Waals surface area contributed by atoms with E-state index in [0.717, 1.165) is 6.54 Å². The van der Waals surface area contributed by atoms with E-state index >= 15 is 0 Å². The summed E-state index contributed by atoms with van der Waals surface area (Å²) in [4.78, 5) is 0. The van der Waals surface area contributed by atoms with Crippen molar-refractivity contribution in [2.45, 2.75) is 40.2 Å². The van der Waals surface area contributed by atoms with Crippen LogP contribution in [-0.2, 0) is 10.0 Å². The molecule has 1 saturated heterocycles. The van der Waals surface area contributed by atoms with Crippen LogP contribution < -0.4 is 5.32 Å². The molecule has 0 amide bonds. The Kier molecular flexibility index (Phi) is 4.37. The van der Waals surface area contributed by atoms with Crippen molar-refractivity contribution in [1.82, 2.24) is 9.62 Å². The summed E-state index contributed by atoms with van der Waals surface area (Å²) in [6, 6.07) is 0.262. The highest BCUT2D eigenvalue weighted by molar-refractivity contribution is 7.89. The summed E-state index contributed by atoms with van der Waals surface area (Å²) in [6.07, 6.45) is 0.716. The van der Waals surface area contributed by atoms with Gasteiger partial charge in [0, 0.05) is 25.7 Å². The number of hydrogen-bond acceptors (Lipinski definition) is 3.